The molecule has 1 atom stereocenters. The second kappa shape index (κ2) is 6.58. The topological polar surface area (TPSA) is 57.1 Å². The van der Waals surface area contributed by atoms with Gasteiger partial charge in [0.05, 0.1) is 23.6 Å². The Balaban J connectivity index is 1.45. The fourth-order valence-electron chi connectivity index (χ4n) is 3.25. The van der Waals surface area contributed by atoms with Crippen LogP contribution in [0.25, 0.3) is 0 Å². The molecule has 1 amide bonds. The van der Waals surface area contributed by atoms with Crippen LogP contribution in [0, 0.1) is 6.92 Å². The molecule has 0 bridgehead atoms. The van der Waals surface area contributed by atoms with E-state index in [2.05, 4.69) is 38.0 Å². The normalized spacial score (nSPS) is 19.3. The number of likely N-dealkylation sites (tertiary alicyclic amines) is 1. The van der Waals surface area contributed by atoms with Crippen molar-refractivity contribution in [1.29, 1.82) is 0 Å². The maximum Gasteiger partial charge on any atom is 0.238 e. The van der Waals surface area contributed by atoms with Gasteiger partial charge in [-0.1, -0.05) is 6.07 Å². The summed E-state index contributed by atoms with van der Waals surface area (Å²) in [5.41, 5.74) is 2.34. The van der Waals surface area contributed by atoms with E-state index < -0.39 is 0 Å². The van der Waals surface area contributed by atoms with E-state index in [9.17, 15) is 4.79 Å². The van der Waals surface area contributed by atoms with Crippen LogP contribution < -0.4 is 5.32 Å². The lowest BCUT2D eigenvalue weighted by molar-refractivity contribution is -0.117. The van der Waals surface area contributed by atoms with Crippen LogP contribution in [0.2, 0.25) is 0 Å². The molecule has 2 aromatic rings. The molecule has 5 nitrogen and oxygen atoms in total. The predicted molar refractivity (Wildman–Crippen MR) is 99.2 cm³/mol. The number of aryl methyl sites for hydroxylation is 1. The Morgan fingerprint density at radius 3 is 3.08 bits per heavy atom. The smallest absolute Gasteiger partial charge is 0.238 e. The number of fused-ring (bicyclic) bond motifs is 1. The van der Waals surface area contributed by atoms with E-state index in [-0.39, 0.29) is 5.91 Å². The molecule has 24 heavy (non-hydrogen) atoms. The molecule has 1 fully saturated rings. The Bertz CT molecular complexity index is 854. The van der Waals surface area contributed by atoms with Crippen molar-refractivity contribution in [2.45, 2.75) is 25.8 Å². The zero-order valence-corrected chi connectivity index (χ0v) is 15.0. The van der Waals surface area contributed by atoms with Gasteiger partial charge in [0.15, 0.2) is 0 Å². The fourth-order valence-corrected chi connectivity index (χ4v) is 4.85. The molecule has 0 saturated carbocycles. The Kier molecular flexibility index (Phi) is 4.30. The second-order valence-electron chi connectivity index (χ2n) is 6.06. The average molecular weight is 358 g/mol. The number of hydrogen-bond donors (Lipinski definition) is 1. The lowest BCUT2D eigenvalue weighted by Crippen LogP contribution is -2.32. The molecule has 0 radical (unpaired) electrons. The third-order valence-electron chi connectivity index (χ3n) is 4.36. The summed E-state index contributed by atoms with van der Waals surface area (Å²) in [6.07, 6.45) is 2.26. The Morgan fingerprint density at radius 2 is 2.25 bits per heavy atom. The van der Waals surface area contributed by atoms with Gasteiger partial charge in [0, 0.05) is 15.8 Å². The lowest BCUT2D eigenvalue weighted by atomic mass is 10.2. The summed E-state index contributed by atoms with van der Waals surface area (Å²) in [5.74, 6) is 0.00989. The molecule has 1 aromatic heterocycles. The standard InChI is InChI=1S/C17H18N4OS2/c1-11-7-8-15(23-11)14-6-3-9-21(14)10-16(22)18-12-4-2-5-13-17(12)20-24-19-13/h2,4-5,7-8,14H,3,6,9-10H2,1H3,(H,18,22). The minimum atomic E-state index is 0.00989. The first-order valence-corrected chi connectivity index (χ1v) is 9.57. The molecule has 0 spiro atoms. The number of amides is 1. The highest BCUT2D eigenvalue weighted by Gasteiger charge is 2.28. The van der Waals surface area contributed by atoms with Crippen LogP contribution in [0.4, 0.5) is 17.1 Å². The number of nitrogens with zero attached hydrogens (tertiary/aromatic N) is 3. The molecule has 1 unspecified atom stereocenters. The Morgan fingerprint density at radius 1 is 1.33 bits per heavy atom. The molecule has 4 rings (SSSR count). The molecule has 124 valence electrons. The third kappa shape index (κ3) is 3.07. The molecule has 1 N–H and O–H groups in total. The molecule has 2 aliphatic rings. The maximum atomic E-state index is 12.5. The van der Waals surface area contributed by atoms with Crippen molar-refractivity contribution in [3.05, 3.63) is 40.1 Å². The summed E-state index contributed by atoms with van der Waals surface area (Å²) in [6, 6.07) is 10.4. The highest BCUT2D eigenvalue weighted by Crippen LogP contribution is 2.39. The van der Waals surface area contributed by atoms with Crippen molar-refractivity contribution in [1.82, 2.24) is 4.90 Å². The van der Waals surface area contributed by atoms with Crippen molar-refractivity contribution in [3.63, 3.8) is 0 Å². The van der Waals surface area contributed by atoms with E-state index in [1.54, 1.807) is 0 Å². The summed E-state index contributed by atoms with van der Waals surface area (Å²) < 4.78 is 8.49. The number of carbonyl (C=O) groups is 1. The third-order valence-corrected chi connectivity index (χ3v) is 6.00. The molecule has 1 aromatic carbocycles. The molecular formula is C17H18N4OS2. The van der Waals surface area contributed by atoms with Crippen molar-refractivity contribution in [2.24, 2.45) is 8.73 Å². The molecule has 0 aliphatic carbocycles. The first kappa shape index (κ1) is 15.7. The van der Waals surface area contributed by atoms with Crippen LogP contribution in [-0.4, -0.2) is 23.9 Å². The van der Waals surface area contributed by atoms with Crippen molar-refractivity contribution >= 4 is 45.7 Å². The van der Waals surface area contributed by atoms with E-state index in [1.807, 2.05) is 29.5 Å². The van der Waals surface area contributed by atoms with Gasteiger partial charge in [-0.25, -0.2) is 0 Å². The van der Waals surface area contributed by atoms with E-state index in [4.69, 9.17) is 0 Å². The number of rotatable bonds is 4. The molecule has 3 heterocycles. The summed E-state index contributed by atoms with van der Waals surface area (Å²) >= 11 is 3.00. The van der Waals surface area contributed by atoms with Crippen molar-refractivity contribution in [3.8, 4) is 0 Å². The van der Waals surface area contributed by atoms with E-state index in [1.165, 1.54) is 21.1 Å². The Hall–Kier alpha value is -1.83. The molecular weight excluding hydrogens is 340 g/mol. The monoisotopic (exact) mass is 358 g/mol. The van der Waals surface area contributed by atoms with Crippen LogP contribution in [0.1, 0.15) is 28.6 Å². The number of anilines is 1. The van der Waals surface area contributed by atoms with E-state index >= 15 is 0 Å². The Labute approximate surface area is 148 Å². The van der Waals surface area contributed by atoms with Gasteiger partial charge < -0.3 is 5.32 Å². The molecule has 2 aliphatic heterocycles. The van der Waals surface area contributed by atoms with Crippen molar-refractivity contribution < 1.29 is 4.79 Å². The number of hydrogen-bond acceptors (Lipinski definition) is 5. The summed E-state index contributed by atoms with van der Waals surface area (Å²) in [6.45, 7) is 3.51. The second-order valence-corrected chi connectivity index (χ2v) is 7.91. The van der Waals surface area contributed by atoms with Gasteiger partial charge in [-0.15, -0.1) is 11.3 Å². The molecule has 1 saturated heterocycles. The average Bonchev–Trinajstić information content (AvgIpc) is 3.27. The van der Waals surface area contributed by atoms with Crippen LogP contribution >= 0.6 is 11.3 Å². The maximum absolute atomic E-state index is 12.5. The van der Waals surface area contributed by atoms with Gasteiger partial charge in [-0.2, -0.15) is 8.73 Å². The number of nitrogens with one attached hydrogen (secondary N) is 1. The van der Waals surface area contributed by atoms with Gasteiger partial charge in [0.2, 0.25) is 5.91 Å². The van der Waals surface area contributed by atoms with Crippen LogP contribution in [-0.2, 0) is 16.1 Å². The first-order chi connectivity index (χ1) is 11.7. The highest BCUT2D eigenvalue weighted by atomic mass is 32.1. The largest absolute Gasteiger partial charge is 0.323 e. The van der Waals surface area contributed by atoms with Crippen LogP contribution in [0.3, 0.4) is 0 Å². The van der Waals surface area contributed by atoms with E-state index in [0.29, 0.717) is 12.6 Å². The van der Waals surface area contributed by atoms with Gasteiger partial charge in [-0.3, -0.25) is 9.69 Å². The number of carbonyl (C=O) groups excluding carboxylic acids is 1. The number of thiophene rings is 1. The zero-order valence-electron chi connectivity index (χ0n) is 13.4. The minimum absolute atomic E-state index is 0.00989. The van der Waals surface area contributed by atoms with Gasteiger partial charge in [-0.05, 0) is 50.6 Å². The summed E-state index contributed by atoms with van der Waals surface area (Å²) in [4.78, 5) is 17.5. The summed E-state index contributed by atoms with van der Waals surface area (Å²) in [5, 5.41) is 3.00. The SMILES string of the molecule is Cc1ccc(C2CCCN2CC(=O)Nc2cccc3c2N=S=N3)s1. The van der Waals surface area contributed by atoms with Crippen molar-refractivity contribution in [2.75, 3.05) is 18.4 Å². The molecule has 7 heteroatoms. The lowest BCUT2D eigenvalue weighted by Gasteiger charge is -2.23. The fraction of sp³-hybridized carbons (Fsp3) is 0.353. The highest BCUT2D eigenvalue weighted by molar-refractivity contribution is 7.58. The van der Waals surface area contributed by atoms with E-state index in [0.717, 1.165) is 36.4 Å². The van der Waals surface area contributed by atoms with Crippen LogP contribution in [0.15, 0.2) is 39.1 Å². The predicted octanol–water partition coefficient (Wildman–Crippen LogP) is 4.56. The van der Waals surface area contributed by atoms with Crippen LogP contribution in [0.5, 0.6) is 0 Å². The summed E-state index contributed by atoms with van der Waals surface area (Å²) in [7, 11) is 0. The first-order valence-electron chi connectivity index (χ1n) is 8.02. The minimum Gasteiger partial charge on any atom is -0.323 e. The quantitative estimate of drug-likeness (QED) is 0.743. The van der Waals surface area contributed by atoms with Gasteiger partial charge in [0.1, 0.15) is 11.4 Å². The number of benzene rings is 1. The van der Waals surface area contributed by atoms with Gasteiger partial charge in [0.25, 0.3) is 0 Å². The zero-order chi connectivity index (χ0) is 16.5. The van der Waals surface area contributed by atoms with Gasteiger partial charge >= 0.3 is 0 Å².